The molecular weight excluding hydrogens is 258 g/mol. The molecule has 0 bridgehead atoms. The third-order valence-electron chi connectivity index (χ3n) is 5.53. The number of aromatic amines is 1. The largest absolute Gasteiger partial charge is 0.387 e. The van der Waals surface area contributed by atoms with Crippen molar-refractivity contribution in [1.29, 1.82) is 0 Å². The molecule has 0 aliphatic heterocycles. The molecule has 1 fully saturated rings. The molecule has 2 aliphatic rings. The lowest BCUT2D eigenvalue weighted by molar-refractivity contribution is 0.163. The van der Waals surface area contributed by atoms with Crippen molar-refractivity contribution in [3.8, 4) is 0 Å². The van der Waals surface area contributed by atoms with Crippen LogP contribution in [0.5, 0.6) is 0 Å². The minimum Gasteiger partial charge on any atom is -0.387 e. The summed E-state index contributed by atoms with van der Waals surface area (Å²) in [5.74, 6) is 0.754. The number of nitrogens with one attached hydrogen (secondary N) is 1. The standard InChI is InChI=1S/C19H25NO/c21-18-9-5-4-8-15-16-12-14(13-6-2-1-3-7-13)10-11-17(16)20-19(15)18/h10-13,18,20-21H,1-9H2/t18-/m1/s1. The Morgan fingerprint density at radius 3 is 2.62 bits per heavy atom. The minimum absolute atomic E-state index is 0.298. The summed E-state index contributed by atoms with van der Waals surface area (Å²) >= 11 is 0. The van der Waals surface area contributed by atoms with Crippen molar-refractivity contribution in [1.82, 2.24) is 4.98 Å². The number of hydrogen-bond acceptors (Lipinski definition) is 1. The number of rotatable bonds is 1. The Morgan fingerprint density at radius 1 is 0.952 bits per heavy atom. The lowest BCUT2D eigenvalue weighted by atomic mass is 9.83. The normalized spacial score (nSPS) is 24.0. The van der Waals surface area contributed by atoms with Gasteiger partial charge in [-0.2, -0.15) is 0 Å². The monoisotopic (exact) mass is 283 g/mol. The molecule has 2 aromatic rings. The Labute approximate surface area is 126 Å². The molecule has 112 valence electrons. The van der Waals surface area contributed by atoms with E-state index in [1.54, 1.807) is 0 Å². The van der Waals surface area contributed by atoms with Gasteiger partial charge >= 0.3 is 0 Å². The summed E-state index contributed by atoms with van der Waals surface area (Å²) in [6.07, 6.45) is 10.9. The van der Waals surface area contributed by atoms with E-state index in [9.17, 15) is 5.11 Å². The van der Waals surface area contributed by atoms with Crippen LogP contribution in [0, 0.1) is 0 Å². The van der Waals surface area contributed by atoms with E-state index < -0.39 is 0 Å². The number of aliphatic hydroxyl groups is 1. The van der Waals surface area contributed by atoms with Crippen LogP contribution in [0.4, 0.5) is 0 Å². The molecule has 1 atom stereocenters. The van der Waals surface area contributed by atoms with Gasteiger partial charge in [-0.1, -0.05) is 31.7 Å². The average molecular weight is 283 g/mol. The number of aliphatic hydroxyl groups excluding tert-OH is 1. The zero-order chi connectivity index (χ0) is 14.2. The molecule has 0 spiro atoms. The number of fused-ring (bicyclic) bond motifs is 3. The average Bonchev–Trinajstić information content (AvgIpc) is 2.80. The molecule has 2 N–H and O–H groups in total. The third-order valence-corrected chi connectivity index (χ3v) is 5.53. The van der Waals surface area contributed by atoms with E-state index in [1.807, 2.05) is 0 Å². The van der Waals surface area contributed by atoms with Gasteiger partial charge in [0.05, 0.1) is 6.10 Å². The second-order valence-corrected chi connectivity index (χ2v) is 6.92. The Bertz CT molecular complexity index is 636. The van der Waals surface area contributed by atoms with E-state index >= 15 is 0 Å². The van der Waals surface area contributed by atoms with Crippen molar-refractivity contribution in [3.05, 3.63) is 35.0 Å². The summed E-state index contributed by atoms with van der Waals surface area (Å²) in [6.45, 7) is 0. The molecule has 0 unspecified atom stereocenters. The van der Waals surface area contributed by atoms with E-state index in [-0.39, 0.29) is 6.10 Å². The lowest BCUT2D eigenvalue weighted by Gasteiger charge is -2.22. The van der Waals surface area contributed by atoms with Gasteiger partial charge in [0.15, 0.2) is 0 Å². The van der Waals surface area contributed by atoms with Crippen molar-refractivity contribution < 1.29 is 5.11 Å². The van der Waals surface area contributed by atoms with Crippen molar-refractivity contribution in [3.63, 3.8) is 0 Å². The SMILES string of the molecule is O[C@@H]1CCCCc2c1[nH]c1ccc(C3CCCCC3)cc21. The fourth-order valence-corrected chi connectivity index (χ4v) is 4.31. The van der Waals surface area contributed by atoms with Gasteiger partial charge < -0.3 is 10.1 Å². The van der Waals surface area contributed by atoms with Crippen LogP contribution in [0.25, 0.3) is 10.9 Å². The highest BCUT2D eigenvalue weighted by atomic mass is 16.3. The van der Waals surface area contributed by atoms with Gasteiger partial charge in [-0.25, -0.2) is 0 Å². The first-order chi connectivity index (χ1) is 10.3. The molecule has 21 heavy (non-hydrogen) atoms. The summed E-state index contributed by atoms with van der Waals surface area (Å²) in [4.78, 5) is 3.49. The highest BCUT2D eigenvalue weighted by Crippen LogP contribution is 2.37. The zero-order valence-electron chi connectivity index (χ0n) is 12.7. The van der Waals surface area contributed by atoms with Gasteiger partial charge in [0.2, 0.25) is 0 Å². The summed E-state index contributed by atoms with van der Waals surface area (Å²) in [7, 11) is 0. The van der Waals surface area contributed by atoms with Gasteiger partial charge in [0.25, 0.3) is 0 Å². The fourth-order valence-electron chi connectivity index (χ4n) is 4.31. The summed E-state index contributed by atoms with van der Waals surface area (Å²) < 4.78 is 0. The summed E-state index contributed by atoms with van der Waals surface area (Å²) in [5.41, 5.74) is 5.19. The summed E-state index contributed by atoms with van der Waals surface area (Å²) in [6, 6.07) is 6.96. The maximum Gasteiger partial charge on any atom is 0.0940 e. The smallest absolute Gasteiger partial charge is 0.0940 e. The van der Waals surface area contributed by atoms with E-state index in [0.717, 1.165) is 30.9 Å². The summed E-state index contributed by atoms with van der Waals surface area (Å²) in [5, 5.41) is 11.7. The van der Waals surface area contributed by atoms with Crippen molar-refractivity contribution in [2.75, 3.05) is 0 Å². The van der Waals surface area contributed by atoms with E-state index in [1.165, 1.54) is 60.6 Å². The zero-order valence-corrected chi connectivity index (χ0v) is 12.7. The van der Waals surface area contributed by atoms with Gasteiger partial charge in [0, 0.05) is 16.6 Å². The van der Waals surface area contributed by atoms with Crippen LogP contribution in [0.3, 0.4) is 0 Å². The molecule has 1 heterocycles. The van der Waals surface area contributed by atoms with Gasteiger partial charge in [-0.15, -0.1) is 0 Å². The predicted octanol–water partition coefficient (Wildman–Crippen LogP) is 4.98. The Balaban J connectivity index is 1.77. The molecule has 2 nitrogen and oxygen atoms in total. The van der Waals surface area contributed by atoms with E-state index in [2.05, 4.69) is 23.2 Å². The molecule has 0 saturated heterocycles. The number of hydrogen-bond donors (Lipinski definition) is 2. The first-order valence-electron chi connectivity index (χ1n) is 8.65. The number of aryl methyl sites for hydroxylation is 1. The van der Waals surface area contributed by atoms with Gasteiger partial charge in [-0.05, 0) is 61.3 Å². The maximum absolute atomic E-state index is 10.3. The van der Waals surface area contributed by atoms with Crippen LogP contribution < -0.4 is 0 Å². The number of aromatic nitrogens is 1. The van der Waals surface area contributed by atoms with Crippen LogP contribution in [0.1, 0.15) is 80.2 Å². The molecule has 1 aromatic carbocycles. The highest BCUT2D eigenvalue weighted by molar-refractivity contribution is 5.85. The predicted molar refractivity (Wildman–Crippen MR) is 86.6 cm³/mol. The highest BCUT2D eigenvalue weighted by Gasteiger charge is 2.22. The van der Waals surface area contributed by atoms with E-state index in [0.29, 0.717) is 0 Å². The molecule has 2 heteroatoms. The maximum atomic E-state index is 10.3. The molecule has 2 aliphatic carbocycles. The second-order valence-electron chi connectivity index (χ2n) is 6.92. The third kappa shape index (κ3) is 2.40. The van der Waals surface area contributed by atoms with Crippen LogP contribution in [0.15, 0.2) is 18.2 Å². The quantitative estimate of drug-likeness (QED) is 0.712. The first-order valence-corrected chi connectivity index (χ1v) is 8.65. The molecule has 0 radical (unpaired) electrons. The van der Waals surface area contributed by atoms with Crippen LogP contribution in [-0.2, 0) is 6.42 Å². The molecule has 1 saturated carbocycles. The topological polar surface area (TPSA) is 36.0 Å². The molecular formula is C19H25NO. The Kier molecular flexibility index (Phi) is 3.50. The van der Waals surface area contributed by atoms with Crippen molar-refractivity contribution >= 4 is 10.9 Å². The Hall–Kier alpha value is -1.28. The van der Waals surface area contributed by atoms with Crippen LogP contribution in [-0.4, -0.2) is 10.1 Å². The molecule has 4 rings (SSSR count). The van der Waals surface area contributed by atoms with Crippen LogP contribution >= 0.6 is 0 Å². The second kappa shape index (κ2) is 5.49. The van der Waals surface area contributed by atoms with E-state index in [4.69, 9.17) is 0 Å². The minimum atomic E-state index is -0.298. The lowest BCUT2D eigenvalue weighted by Crippen LogP contribution is -2.04. The number of H-pyrrole nitrogens is 1. The van der Waals surface area contributed by atoms with Crippen molar-refractivity contribution in [2.24, 2.45) is 0 Å². The van der Waals surface area contributed by atoms with Gasteiger partial charge in [0.1, 0.15) is 0 Å². The molecule has 1 aromatic heterocycles. The van der Waals surface area contributed by atoms with Crippen molar-refractivity contribution in [2.45, 2.75) is 69.8 Å². The fraction of sp³-hybridized carbons (Fsp3) is 0.579. The van der Waals surface area contributed by atoms with Crippen LogP contribution in [0.2, 0.25) is 0 Å². The molecule has 0 amide bonds. The number of benzene rings is 1. The Morgan fingerprint density at radius 2 is 1.76 bits per heavy atom. The first kappa shape index (κ1) is 13.4. The van der Waals surface area contributed by atoms with Gasteiger partial charge in [-0.3, -0.25) is 0 Å².